The Hall–Kier alpha value is -0.940. The molecule has 2 aliphatic heterocycles. The number of ether oxygens (including phenoxy) is 2. The number of hydrogen-bond donors (Lipinski definition) is 1. The van der Waals surface area contributed by atoms with Gasteiger partial charge in [0.25, 0.3) is 0 Å². The maximum absolute atomic E-state index is 5.90. The summed E-state index contributed by atoms with van der Waals surface area (Å²) in [6.45, 7) is 6.23. The maximum atomic E-state index is 5.90. The minimum atomic E-state index is -0.0152. The van der Waals surface area contributed by atoms with Crippen molar-refractivity contribution < 1.29 is 9.47 Å². The van der Waals surface area contributed by atoms with Gasteiger partial charge in [0.05, 0.1) is 5.60 Å². The summed E-state index contributed by atoms with van der Waals surface area (Å²) in [6.07, 6.45) is 4.72. The molecule has 4 heteroatoms. The zero-order valence-electron chi connectivity index (χ0n) is 15.5. The molecule has 3 unspecified atom stereocenters. The van der Waals surface area contributed by atoms with Gasteiger partial charge in [-0.05, 0) is 30.2 Å². The standard InChI is InChI=1S/C21H32N2O2/c1-24-21(9-11-25-12-10-21)16-22-20-8-7-18-14-23(15-19(18)20)13-17-5-3-2-4-6-17/h2-6,18-20,22H,7-16H2,1H3. The van der Waals surface area contributed by atoms with E-state index in [0.717, 1.165) is 51.0 Å². The van der Waals surface area contributed by atoms with Crippen LogP contribution < -0.4 is 5.32 Å². The maximum Gasteiger partial charge on any atom is 0.0846 e. The fraction of sp³-hybridized carbons (Fsp3) is 0.714. The van der Waals surface area contributed by atoms with Gasteiger partial charge in [-0.15, -0.1) is 0 Å². The van der Waals surface area contributed by atoms with Gasteiger partial charge in [-0.2, -0.15) is 0 Å². The van der Waals surface area contributed by atoms with Gasteiger partial charge in [0, 0.05) is 65.4 Å². The summed E-state index contributed by atoms with van der Waals surface area (Å²) < 4.78 is 11.4. The van der Waals surface area contributed by atoms with Gasteiger partial charge in [-0.3, -0.25) is 4.90 Å². The molecule has 1 saturated carbocycles. The Labute approximate surface area is 151 Å². The van der Waals surface area contributed by atoms with Gasteiger partial charge >= 0.3 is 0 Å². The molecule has 3 fully saturated rings. The third-order valence-electron chi connectivity index (χ3n) is 6.70. The van der Waals surface area contributed by atoms with Gasteiger partial charge in [0.15, 0.2) is 0 Å². The molecule has 0 spiro atoms. The van der Waals surface area contributed by atoms with Crippen molar-refractivity contribution in [3.63, 3.8) is 0 Å². The van der Waals surface area contributed by atoms with Crippen LogP contribution in [0.5, 0.6) is 0 Å². The fourth-order valence-electron chi connectivity index (χ4n) is 5.10. The van der Waals surface area contributed by atoms with Crippen molar-refractivity contribution in [3.05, 3.63) is 35.9 Å². The predicted octanol–water partition coefficient (Wildman–Crippen LogP) is 2.68. The normalized spacial score (nSPS) is 32.0. The number of rotatable bonds is 6. The van der Waals surface area contributed by atoms with E-state index in [1.54, 1.807) is 0 Å². The summed E-state index contributed by atoms with van der Waals surface area (Å²) in [7, 11) is 1.86. The average Bonchev–Trinajstić information content (AvgIpc) is 3.22. The van der Waals surface area contributed by atoms with Crippen molar-refractivity contribution >= 4 is 0 Å². The number of hydrogen-bond acceptors (Lipinski definition) is 4. The van der Waals surface area contributed by atoms with E-state index in [9.17, 15) is 0 Å². The van der Waals surface area contributed by atoms with Crippen LogP contribution in [0.3, 0.4) is 0 Å². The van der Waals surface area contributed by atoms with Crippen LogP contribution in [0.15, 0.2) is 30.3 Å². The van der Waals surface area contributed by atoms with Crippen LogP contribution in [0.25, 0.3) is 0 Å². The molecule has 3 aliphatic rings. The highest BCUT2D eigenvalue weighted by Crippen LogP contribution is 2.39. The molecule has 0 amide bonds. The SMILES string of the molecule is COC1(CNC2CCC3CN(Cc4ccccc4)CC32)CCOCC1. The van der Waals surface area contributed by atoms with Crippen LogP contribution in [-0.4, -0.2) is 56.5 Å². The minimum Gasteiger partial charge on any atom is -0.381 e. The summed E-state index contributed by atoms with van der Waals surface area (Å²) in [5.74, 6) is 1.67. The lowest BCUT2D eigenvalue weighted by Gasteiger charge is -2.37. The van der Waals surface area contributed by atoms with Gasteiger partial charge in [-0.1, -0.05) is 30.3 Å². The minimum absolute atomic E-state index is 0.0152. The Morgan fingerprint density at radius 1 is 1.16 bits per heavy atom. The third kappa shape index (κ3) is 3.92. The molecule has 3 atom stereocenters. The predicted molar refractivity (Wildman–Crippen MR) is 99.5 cm³/mol. The molecule has 4 nitrogen and oxygen atoms in total. The van der Waals surface area contributed by atoms with E-state index in [1.807, 2.05) is 7.11 Å². The van der Waals surface area contributed by atoms with Crippen LogP contribution in [-0.2, 0) is 16.0 Å². The third-order valence-corrected chi connectivity index (χ3v) is 6.70. The topological polar surface area (TPSA) is 33.7 Å². The van der Waals surface area contributed by atoms with E-state index < -0.39 is 0 Å². The lowest BCUT2D eigenvalue weighted by atomic mass is 9.92. The molecule has 0 radical (unpaired) electrons. The Morgan fingerprint density at radius 2 is 1.96 bits per heavy atom. The highest BCUT2D eigenvalue weighted by molar-refractivity contribution is 5.15. The van der Waals surface area contributed by atoms with Gasteiger partial charge < -0.3 is 14.8 Å². The molecule has 1 aromatic rings. The first-order valence-electron chi connectivity index (χ1n) is 9.91. The van der Waals surface area contributed by atoms with Crippen molar-refractivity contribution in [2.45, 2.75) is 43.9 Å². The van der Waals surface area contributed by atoms with E-state index in [2.05, 4.69) is 40.5 Å². The van der Waals surface area contributed by atoms with Crippen LogP contribution in [0.2, 0.25) is 0 Å². The lowest BCUT2D eigenvalue weighted by molar-refractivity contribution is -0.0890. The molecule has 2 heterocycles. The van der Waals surface area contributed by atoms with Gasteiger partial charge in [-0.25, -0.2) is 0 Å². The second kappa shape index (κ2) is 7.75. The Balaban J connectivity index is 1.31. The Kier molecular flexibility index (Phi) is 5.41. The zero-order chi connectivity index (χ0) is 17.1. The van der Waals surface area contributed by atoms with E-state index in [1.165, 1.54) is 31.5 Å². The molecule has 2 saturated heterocycles. The van der Waals surface area contributed by atoms with E-state index in [4.69, 9.17) is 9.47 Å². The molecule has 1 aromatic carbocycles. The molecular formula is C21H32N2O2. The zero-order valence-corrected chi connectivity index (χ0v) is 15.5. The Bertz CT molecular complexity index is 544. The summed E-state index contributed by atoms with van der Waals surface area (Å²) in [6, 6.07) is 11.5. The monoisotopic (exact) mass is 344 g/mol. The summed E-state index contributed by atoms with van der Waals surface area (Å²) in [5, 5.41) is 3.89. The fourth-order valence-corrected chi connectivity index (χ4v) is 5.10. The van der Waals surface area contributed by atoms with Crippen molar-refractivity contribution in [2.24, 2.45) is 11.8 Å². The summed E-state index contributed by atoms with van der Waals surface area (Å²) >= 11 is 0. The van der Waals surface area contributed by atoms with E-state index >= 15 is 0 Å². The smallest absolute Gasteiger partial charge is 0.0846 e. The quantitative estimate of drug-likeness (QED) is 0.860. The van der Waals surface area contributed by atoms with E-state index in [0.29, 0.717) is 6.04 Å². The Morgan fingerprint density at radius 3 is 2.72 bits per heavy atom. The molecule has 1 N–H and O–H groups in total. The van der Waals surface area contributed by atoms with Crippen LogP contribution in [0.1, 0.15) is 31.2 Å². The van der Waals surface area contributed by atoms with Gasteiger partial charge in [0.1, 0.15) is 0 Å². The first-order chi connectivity index (χ1) is 12.3. The van der Waals surface area contributed by atoms with Crippen molar-refractivity contribution in [1.82, 2.24) is 10.2 Å². The second-order valence-electron chi connectivity index (χ2n) is 8.17. The number of nitrogens with one attached hydrogen (secondary N) is 1. The second-order valence-corrected chi connectivity index (χ2v) is 8.17. The summed E-state index contributed by atoms with van der Waals surface area (Å²) in [4.78, 5) is 2.65. The lowest BCUT2D eigenvalue weighted by Crippen LogP contribution is -2.50. The molecule has 0 aromatic heterocycles. The van der Waals surface area contributed by atoms with Crippen LogP contribution in [0.4, 0.5) is 0 Å². The molecule has 0 bridgehead atoms. The number of likely N-dealkylation sites (tertiary alicyclic amines) is 1. The number of fused-ring (bicyclic) bond motifs is 1. The van der Waals surface area contributed by atoms with Crippen molar-refractivity contribution in [1.29, 1.82) is 0 Å². The van der Waals surface area contributed by atoms with Crippen LogP contribution >= 0.6 is 0 Å². The van der Waals surface area contributed by atoms with Crippen LogP contribution in [0, 0.1) is 11.8 Å². The molecule has 25 heavy (non-hydrogen) atoms. The van der Waals surface area contributed by atoms with Crippen molar-refractivity contribution in [3.8, 4) is 0 Å². The molecule has 4 rings (SSSR count). The first kappa shape index (κ1) is 17.5. The first-order valence-corrected chi connectivity index (χ1v) is 9.91. The molecular weight excluding hydrogens is 312 g/mol. The largest absolute Gasteiger partial charge is 0.381 e. The summed E-state index contributed by atoms with van der Waals surface area (Å²) in [5.41, 5.74) is 1.42. The van der Waals surface area contributed by atoms with Crippen molar-refractivity contribution in [2.75, 3.05) is 40.0 Å². The number of nitrogens with zero attached hydrogens (tertiary/aromatic N) is 1. The number of methoxy groups -OCH3 is 1. The average molecular weight is 344 g/mol. The number of benzene rings is 1. The molecule has 1 aliphatic carbocycles. The highest BCUT2D eigenvalue weighted by Gasteiger charge is 2.43. The molecule has 138 valence electrons. The van der Waals surface area contributed by atoms with E-state index in [-0.39, 0.29) is 5.60 Å². The highest BCUT2D eigenvalue weighted by atomic mass is 16.5. The van der Waals surface area contributed by atoms with Gasteiger partial charge in [0.2, 0.25) is 0 Å².